The van der Waals surface area contributed by atoms with E-state index in [1.165, 1.54) is 12.1 Å². The van der Waals surface area contributed by atoms with Gasteiger partial charge in [0, 0.05) is 6.42 Å². The number of hydrogen-bond acceptors (Lipinski definition) is 4. The molecule has 25 heavy (non-hydrogen) atoms. The van der Waals surface area contributed by atoms with Crippen molar-refractivity contribution in [1.82, 2.24) is 9.55 Å². The number of benzene rings is 2. The summed E-state index contributed by atoms with van der Waals surface area (Å²) in [5.74, 6) is 0.465. The molecule has 130 valence electrons. The average Bonchev–Trinajstić information content (AvgIpc) is 2.98. The van der Waals surface area contributed by atoms with Crippen LogP contribution in [0.25, 0.3) is 11.0 Å². The van der Waals surface area contributed by atoms with Gasteiger partial charge in [0.25, 0.3) is 0 Å². The van der Waals surface area contributed by atoms with Gasteiger partial charge in [-0.3, -0.25) is 0 Å². The standard InChI is InChI=1S/C19H20N2O4/c1-2-18-20-16-5-3-4-6-17(16)21(18)11-14(22)12-25-15-9-7-13(8-10-15)19(23)24/h3-10,14,22H,2,11-12H2,1H3,(H,23,24). The number of carboxylic acids is 1. The topological polar surface area (TPSA) is 84.6 Å². The Morgan fingerprint density at radius 3 is 2.60 bits per heavy atom. The van der Waals surface area contributed by atoms with Crippen molar-refractivity contribution in [3.05, 3.63) is 59.9 Å². The van der Waals surface area contributed by atoms with Gasteiger partial charge in [0.2, 0.25) is 0 Å². The van der Waals surface area contributed by atoms with Crippen molar-refractivity contribution in [2.45, 2.75) is 26.0 Å². The average molecular weight is 340 g/mol. The molecule has 3 aromatic rings. The first kappa shape index (κ1) is 17.0. The number of aliphatic hydroxyl groups excluding tert-OH is 1. The molecule has 1 unspecified atom stereocenters. The summed E-state index contributed by atoms with van der Waals surface area (Å²) in [5, 5.41) is 19.2. The van der Waals surface area contributed by atoms with Crippen LogP contribution in [-0.4, -0.2) is 38.4 Å². The highest BCUT2D eigenvalue weighted by molar-refractivity contribution is 5.87. The lowest BCUT2D eigenvalue weighted by molar-refractivity contribution is 0.0696. The summed E-state index contributed by atoms with van der Waals surface area (Å²) in [7, 11) is 0. The number of fused-ring (bicyclic) bond motifs is 1. The van der Waals surface area contributed by atoms with Gasteiger partial charge in [-0.2, -0.15) is 0 Å². The Morgan fingerprint density at radius 2 is 1.92 bits per heavy atom. The van der Waals surface area contributed by atoms with E-state index < -0.39 is 12.1 Å². The van der Waals surface area contributed by atoms with E-state index in [2.05, 4.69) is 4.98 Å². The number of aryl methyl sites for hydroxylation is 1. The van der Waals surface area contributed by atoms with Gasteiger partial charge in [-0.15, -0.1) is 0 Å². The molecular formula is C19H20N2O4. The Kier molecular flexibility index (Phi) is 5.00. The van der Waals surface area contributed by atoms with Crippen molar-refractivity contribution in [2.24, 2.45) is 0 Å². The van der Waals surface area contributed by atoms with Gasteiger partial charge in [-0.05, 0) is 36.4 Å². The monoisotopic (exact) mass is 340 g/mol. The molecule has 1 aromatic heterocycles. The highest BCUT2D eigenvalue weighted by Gasteiger charge is 2.14. The third kappa shape index (κ3) is 3.80. The smallest absolute Gasteiger partial charge is 0.335 e. The van der Waals surface area contributed by atoms with Gasteiger partial charge in [0.1, 0.15) is 24.3 Å². The number of nitrogens with zero attached hydrogens (tertiary/aromatic N) is 2. The minimum atomic E-state index is -0.981. The molecule has 0 amide bonds. The Hall–Kier alpha value is -2.86. The van der Waals surface area contributed by atoms with E-state index in [0.717, 1.165) is 23.3 Å². The van der Waals surface area contributed by atoms with E-state index in [9.17, 15) is 9.90 Å². The second-order valence-corrected chi connectivity index (χ2v) is 5.78. The van der Waals surface area contributed by atoms with Crippen LogP contribution in [0.1, 0.15) is 23.1 Å². The second-order valence-electron chi connectivity index (χ2n) is 5.78. The summed E-state index contributed by atoms with van der Waals surface area (Å²) in [6, 6.07) is 14.0. The highest BCUT2D eigenvalue weighted by Crippen LogP contribution is 2.18. The number of para-hydroxylation sites is 2. The highest BCUT2D eigenvalue weighted by atomic mass is 16.5. The van der Waals surface area contributed by atoms with E-state index >= 15 is 0 Å². The van der Waals surface area contributed by atoms with E-state index in [1.54, 1.807) is 12.1 Å². The molecule has 0 radical (unpaired) electrons. The van der Waals surface area contributed by atoms with Crippen LogP contribution in [0.15, 0.2) is 48.5 Å². The Labute approximate surface area is 145 Å². The Bertz CT molecular complexity index is 871. The molecule has 0 spiro atoms. The largest absolute Gasteiger partial charge is 0.491 e. The maximum absolute atomic E-state index is 10.8. The number of carbonyl (C=O) groups is 1. The number of hydrogen-bond donors (Lipinski definition) is 2. The van der Waals surface area contributed by atoms with E-state index in [0.29, 0.717) is 12.3 Å². The molecule has 0 saturated heterocycles. The van der Waals surface area contributed by atoms with Crippen LogP contribution < -0.4 is 4.74 Å². The molecule has 3 rings (SSSR count). The van der Waals surface area contributed by atoms with Gasteiger partial charge >= 0.3 is 5.97 Å². The van der Waals surface area contributed by atoms with Crippen molar-refractivity contribution in [1.29, 1.82) is 0 Å². The molecule has 6 heteroatoms. The molecule has 2 aromatic carbocycles. The van der Waals surface area contributed by atoms with Crippen molar-refractivity contribution < 1.29 is 19.7 Å². The van der Waals surface area contributed by atoms with E-state index in [-0.39, 0.29) is 12.2 Å². The fourth-order valence-electron chi connectivity index (χ4n) is 2.75. The maximum atomic E-state index is 10.8. The molecule has 0 aliphatic carbocycles. The molecular weight excluding hydrogens is 320 g/mol. The lowest BCUT2D eigenvalue weighted by atomic mass is 10.2. The molecule has 6 nitrogen and oxygen atoms in total. The number of rotatable bonds is 7. The summed E-state index contributed by atoms with van der Waals surface area (Å²) in [6.07, 6.45) is 0.0703. The van der Waals surface area contributed by atoms with E-state index in [4.69, 9.17) is 9.84 Å². The van der Waals surface area contributed by atoms with Crippen molar-refractivity contribution in [3.8, 4) is 5.75 Å². The summed E-state index contributed by atoms with van der Waals surface area (Å²) >= 11 is 0. The first-order valence-electron chi connectivity index (χ1n) is 8.17. The quantitative estimate of drug-likeness (QED) is 0.691. The summed E-state index contributed by atoms with van der Waals surface area (Å²) in [4.78, 5) is 15.4. The number of aromatic nitrogens is 2. The van der Waals surface area contributed by atoms with Crippen LogP contribution in [0.2, 0.25) is 0 Å². The minimum absolute atomic E-state index is 0.113. The lowest BCUT2D eigenvalue weighted by Crippen LogP contribution is -2.24. The summed E-state index contributed by atoms with van der Waals surface area (Å²) in [6.45, 7) is 2.53. The first-order valence-corrected chi connectivity index (χ1v) is 8.17. The minimum Gasteiger partial charge on any atom is -0.491 e. The zero-order valence-corrected chi connectivity index (χ0v) is 13.9. The molecule has 1 atom stereocenters. The fraction of sp³-hybridized carbons (Fsp3) is 0.263. The van der Waals surface area contributed by atoms with Crippen molar-refractivity contribution in [3.63, 3.8) is 0 Å². The van der Waals surface area contributed by atoms with Crippen LogP contribution in [-0.2, 0) is 13.0 Å². The molecule has 0 fully saturated rings. The second kappa shape index (κ2) is 7.36. The SMILES string of the molecule is CCc1nc2ccccc2n1CC(O)COc1ccc(C(=O)O)cc1. The van der Waals surface area contributed by atoms with E-state index in [1.807, 2.05) is 35.8 Å². The van der Waals surface area contributed by atoms with Crippen molar-refractivity contribution >= 4 is 17.0 Å². The number of aliphatic hydroxyl groups is 1. The number of aromatic carboxylic acids is 1. The molecule has 0 aliphatic heterocycles. The number of ether oxygens (including phenoxy) is 1. The van der Waals surface area contributed by atoms with Gasteiger partial charge in [-0.1, -0.05) is 19.1 Å². The normalized spacial score (nSPS) is 12.2. The summed E-state index contributed by atoms with van der Waals surface area (Å²) in [5.41, 5.74) is 2.10. The van der Waals surface area contributed by atoms with Crippen LogP contribution >= 0.6 is 0 Å². The fourth-order valence-corrected chi connectivity index (χ4v) is 2.75. The molecule has 2 N–H and O–H groups in total. The van der Waals surface area contributed by atoms with Crippen LogP contribution in [0.5, 0.6) is 5.75 Å². The zero-order chi connectivity index (χ0) is 17.8. The Balaban J connectivity index is 1.66. The van der Waals surface area contributed by atoms with Crippen molar-refractivity contribution in [2.75, 3.05) is 6.61 Å². The summed E-state index contributed by atoms with van der Waals surface area (Å²) < 4.78 is 7.57. The number of imidazole rings is 1. The van der Waals surface area contributed by atoms with Gasteiger partial charge in [0.15, 0.2) is 0 Å². The first-order chi connectivity index (χ1) is 12.1. The molecule has 0 bridgehead atoms. The lowest BCUT2D eigenvalue weighted by Gasteiger charge is -2.15. The Morgan fingerprint density at radius 1 is 1.20 bits per heavy atom. The third-order valence-corrected chi connectivity index (χ3v) is 3.99. The van der Waals surface area contributed by atoms with Gasteiger partial charge < -0.3 is 19.5 Å². The predicted molar refractivity (Wildman–Crippen MR) is 94.0 cm³/mol. The predicted octanol–water partition coefficient (Wildman–Crippen LogP) is 2.74. The zero-order valence-electron chi connectivity index (χ0n) is 13.9. The van der Waals surface area contributed by atoms with Gasteiger partial charge in [0.05, 0.1) is 23.1 Å². The van der Waals surface area contributed by atoms with Crippen LogP contribution in [0.4, 0.5) is 0 Å². The molecule has 0 aliphatic rings. The van der Waals surface area contributed by atoms with Gasteiger partial charge in [-0.25, -0.2) is 9.78 Å². The molecule has 1 heterocycles. The van der Waals surface area contributed by atoms with Crippen LogP contribution in [0.3, 0.4) is 0 Å². The third-order valence-electron chi connectivity index (χ3n) is 3.99. The maximum Gasteiger partial charge on any atom is 0.335 e. The number of carboxylic acid groups (broad SMARTS) is 1. The van der Waals surface area contributed by atoms with Crippen LogP contribution in [0, 0.1) is 0 Å². The molecule has 0 saturated carbocycles.